The van der Waals surface area contributed by atoms with E-state index in [-0.39, 0.29) is 11.7 Å². The van der Waals surface area contributed by atoms with Crippen molar-refractivity contribution >= 4 is 5.97 Å². The van der Waals surface area contributed by atoms with Gasteiger partial charge < -0.3 is 19.3 Å². The first-order valence-corrected chi connectivity index (χ1v) is 8.90. The molecule has 1 heterocycles. The Morgan fingerprint density at radius 3 is 2.50 bits per heavy atom. The van der Waals surface area contributed by atoms with Crippen LogP contribution in [-0.4, -0.2) is 35.0 Å². The van der Waals surface area contributed by atoms with E-state index < -0.39 is 0 Å². The molecule has 0 radical (unpaired) electrons. The molecule has 2 N–H and O–H groups in total. The highest BCUT2D eigenvalue weighted by Crippen LogP contribution is 2.39. The van der Waals surface area contributed by atoms with Crippen molar-refractivity contribution in [2.24, 2.45) is 0 Å². The van der Waals surface area contributed by atoms with Crippen LogP contribution in [-0.2, 0) is 4.74 Å². The van der Waals surface area contributed by atoms with Crippen LogP contribution in [0.1, 0.15) is 29.4 Å². The first kappa shape index (κ1) is 19.3. The zero-order valence-corrected chi connectivity index (χ0v) is 16.0. The third-order valence-corrected chi connectivity index (χ3v) is 4.10. The fraction of sp³-hybridized carbons (Fsp3) is 0.238. The predicted molar refractivity (Wildman–Crippen MR) is 104 cm³/mol. The maximum Gasteiger partial charge on any atom is 0.338 e. The molecule has 0 atom stereocenters. The number of aromatic hydroxyl groups is 1. The number of aromatic amines is 1. The van der Waals surface area contributed by atoms with Crippen LogP contribution in [0.15, 0.2) is 42.5 Å². The van der Waals surface area contributed by atoms with Crippen LogP contribution in [0.5, 0.6) is 23.0 Å². The van der Waals surface area contributed by atoms with Crippen molar-refractivity contribution in [1.82, 2.24) is 10.2 Å². The number of nitrogens with one attached hydrogen (secondary N) is 1. The van der Waals surface area contributed by atoms with E-state index >= 15 is 0 Å². The summed E-state index contributed by atoms with van der Waals surface area (Å²) in [6.07, 6.45) is 0.772. The Balaban J connectivity index is 1.84. The second-order valence-corrected chi connectivity index (χ2v) is 6.17. The van der Waals surface area contributed by atoms with Gasteiger partial charge in [0, 0.05) is 11.6 Å². The molecule has 0 saturated carbocycles. The van der Waals surface area contributed by atoms with E-state index in [1.165, 1.54) is 13.2 Å². The lowest BCUT2D eigenvalue weighted by molar-refractivity contribution is 0.0505. The average Bonchev–Trinajstić information content (AvgIpc) is 3.06. The number of hydrogen-bond acceptors (Lipinski definition) is 6. The second-order valence-electron chi connectivity index (χ2n) is 6.17. The molecule has 1 aromatic heterocycles. The molecule has 2 aromatic carbocycles. The molecule has 0 unspecified atom stereocenters. The van der Waals surface area contributed by atoms with Gasteiger partial charge in [0.25, 0.3) is 0 Å². The first-order chi connectivity index (χ1) is 13.5. The lowest BCUT2D eigenvalue weighted by Gasteiger charge is -2.10. The summed E-state index contributed by atoms with van der Waals surface area (Å²) < 4.78 is 16.2. The monoisotopic (exact) mass is 382 g/mol. The summed E-state index contributed by atoms with van der Waals surface area (Å²) >= 11 is 0. The van der Waals surface area contributed by atoms with E-state index in [0.717, 1.165) is 6.42 Å². The van der Waals surface area contributed by atoms with Gasteiger partial charge in [0.2, 0.25) is 0 Å². The lowest BCUT2D eigenvalue weighted by atomic mass is 10.1. The summed E-state index contributed by atoms with van der Waals surface area (Å²) in [6, 6.07) is 11.6. The quantitative estimate of drug-likeness (QED) is 0.586. The fourth-order valence-corrected chi connectivity index (χ4v) is 2.62. The molecule has 3 rings (SSSR count). The third kappa shape index (κ3) is 4.09. The molecule has 0 amide bonds. The van der Waals surface area contributed by atoms with Crippen LogP contribution in [0.3, 0.4) is 0 Å². The number of ether oxygens (including phenoxy) is 3. The van der Waals surface area contributed by atoms with Gasteiger partial charge in [-0.15, -0.1) is 0 Å². The standard InChI is InChI=1S/C21H22N2O5/c1-4-11-27-21(25)14-5-7-15(8-6-14)28-20-13(2)22-23-19(20)17-10-9-16(26-3)12-18(17)24/h5-10,12,24H,4,11H2,1-3H3,(H,22,23). The topological polar surface area (TPSA) is 93.7 Å². The number of esters is 1. The van der Waals surface area contributed by atoms with Crippen LogP contribution in [0.25, 0.3) is 11.3 Å². The first-order valence-electron chi connectivity index (χ1n) is 8.90. The molecule has 0 saturated heterocycles. The molecule has 0 fully saturated rings. The van der Waals surface area contributed by atoms with Gasteiger partial charge in [-0.3, -0.25) is 5.10 Å². The zero-order valence-electron chi connectivity index (χ0n) is 16.0. The Morgan fingerprint density at radius 1 is 1.14 bits per heavy atom. The largest absolute Gasteiger partial charge is 0.507 e. The van der Waals surface area contributed by atoms with Crippen LogP contribution < -0.4 is 9.47 Å². The van der Waals surface area contributed by atoms with Gasteiger partial charge in [0.15, 0.2) is 5.75 Å². The summed E-state index contributed by atoms with van der Waals surface area (Å²) in [7, 11) is 1.53. The molecule has 0 spiro atoms. The molecule has 28 heavy (non-hydrogen) atoms. The molecule has 0 bridgehead atoms. The minimum atomic E-state index is -0.364. The van der Waals surface area contributed by atoms with E-state index in [2.05, 4.69) is 10.2 Å². The van der Waals surface area contributed by atoms with Gasteiger partial charge in [-0.05, 0) is 49.7 Å². The van der Waals surface area contributed by atoms with Crippen molar-refractivity contribution < 1.29 is 24.1 Å². The fourth-order valence-electron chi connectivity index (χ4n) is 2.62. The average molecular weight is 382 g/mol. The molecule has 7 heteroatoms. The predicted octanol–water partition coefficient (Wildman–Crippen LogP) is 4.46. The second kappa shape index (κ2) is 8.47. The number of carbonyl (C=O) groups is 1. The normalized spacial score (nSPS) is 10.5. The van der Waals surface area contributed by atoms with E-state index in [1.54, 1.807) is 36.4 Å². The number of benzene rings is 2. The molecular weight excluding hydrogens is 360 g/mol. The third-order valence-electron chi connectivity index (χ3n) is 4.10. The van der Waals surface area contributed by atoms with Crippen LogP contribution in [0, 0.1) is 6.92 Å². The number of methoxy groups -OCH3 is 1. The van der Waals surface area contributed by atoms with Crippen LogP contribution in [0.4, 0.5) is 0 Å². The minimum absolute atomic E-state index is 0.0321. The van der Waals surface area contributed by atoms with Crippen LogP contribution in [0.2, 0.25) is 0 Å². The highest BCUT2D eigenvalue weighted by Gasteiger charge is 2.18. The van der Waals surface area contributed by atoms with E-state index in [9.17, 15) is 9.90 Å². The van der Waals surface area contributed by atoms with Crippen molar-refractivity contribution in [3.63, 3.8) is 0 Å². The molecule has 0 aliphatic rings. The lowest BCUT2D eigenvalue weighted by Crippen LogP contribution is -2.05. The Kier molecular flexibility index (Phi) is 5.84. The van der Waals surface area contributed by atoms with Gasteiger partial charge in [0.05, 0.1) is 25.0 Å². The summed E-state index contributed by atoms with van der Waals surface area (Å²) in [5.74, 6) is 1.23. The summed E-state index contributed by atoms with van der Waals surface area (Å²) in [4.78, 5) is 11.9. The van der Waals surface area contributed by atoms with Crippen molar-refractivity contribution in [2.45, 2.75) is 20.3 Å². The Morgan fingerprint density at radius 2 is 1.86 bits per heavy atom. The number of phenolic OH excluding ortho intramolecular Hbond substituents is 1. The molecular formula is C21H22N2O5. The number of rotatable bonds is 7. The Labute approximate surface area is 162 Å². The van der Waals surface area contributed by atoms with Gasteiger partial charge in [-0.2, -0.15) is 5.10 Å². The smallest absolute Gasteiger partial charge is 0.338 e. The summed E-state index contributed by atoms with van der Waals surface area (Å²) in [5, 5.41) is 17.4. The number of hydrogen-bond donors (Lipinski definition) is 2. The maximum atomic E-state index is 11.9. The van der Waals surface area contributed by atoms with E-state index in [4.69, 9.17) is 14.2 Å². The number of carbonyl (C=O) groups excluding carboxylic acids is 1. The highest BCUT2D eigenvalue weighted by atomic mass is 16.5. The van der Waals surface area contributed by atoms with Crippen LogP contribution >= 0.6 is 0 Å². The molecule has 7 nitrogen and oxygen atoms in total. The van der Waals surface area contributed by atoms with Crippen molar-refractivity contribution in [2.75, 3.05) is 13.7 Å². The maximum absolute atomic E-state index is 11.9. The number of aryl methyl sites for hydroxylation is 1. The van der Waals surface area contributed by atoms with Gasteiger partial charge in [0.1, 0.15) is 22.9 Å². The van der Waals surface area contributed by atoms with Gasteiger partial charge in [-0.25, -0.2) is 4.79 Å². The van der Waals surface area contributed by atoms with Gasteiger partial charge >= 0.3 is 5.97 Å². The Hall–Kier alpha value is -3.48. The molecule has 0 aliphatic heterocycles. The number of phenols is 1. The zero-order chi connectivity index (χ0) is 20.1. The number of H-pyrrole nitrogens is 1. The van der Waals surface area contributed by atoms with Gasteiger partial charge in [-0.1, -0.05) is 6.92 Å². The van der Waals surface area contributed by atoms with E-state index in [1.807, 2.05) is 13.8 Å². The van der Waals surface area contributed by atoms with Crippen molar-refractivity contribution in [1.29, 1.82) is 0 Å². The van der Waals surface area contributed by atoms with Crippen molar-refractivity contribution in [3.05, 3.63) is 53.7 Å². The van der Waals surface area contributed by atoms with E-state index in [0.29, 0.717) is 46.4 Å². The minimum Gasteiger partial charge on any atom is -0.507 e. The van der Waals surface area contributed by atoms with Crippen molar-refractivity contribution in [3.8, 4) is 34.3 Å². The summed E-state index contributed by atoms with van der Waals surface area (Å²) in [6.45, 7) is 4.15. The molecule has 146 valence electrons. The molecule has 0 aliphatic carbocycles. The molecule has 3 aromatic rings. The Bertz CT molecular complexity index is 963. The summed E-state index contributed by atoms with van der Waals surface area (Å²) in [5.41, 5.74) is 2.15. The number of aromatic nitrogens is 2. The SMILES string of the molecule is CCCOC(=O)c1ccc(Oc2c(-c3ccc(OC)cc3O)n[nH]c2C)cc1. The number of nitrogens with zero attached hydrogens (tertiary/aromatic N) is 1. The highest BCUT2D eigenvalue weighted by molar-refractivity contribution is 5.89.